The van der Waals surface area contributed by atoms with Crippen LogP contribution in [0.5, 0.6) is 5.75 Å². The maximum atomic E-state index is 12.4. The van der Waals surface area contributed by atoms with E-state index in [1.807, 2.05) is 29.2 Å². The van der Waals surface area contributed by atoms with Crippen LogP contribution < -0.4 is 15.4 Å². The lowest BCUT2D eigenvalue weighted by atomic mass is 9.96. The number of ether oxygens (including phenoxy) is 2. The van der Waals surface area contributed by atoms with Crippen molar-refractivity contribution < 1.29 is 23.9 Å². The summed E-state index contributed by atoms with van der Waals surface area (Å²) in [5, 5.41) is 5.28. The number of piperidine rings is 1. The van der Waals surface area contributed by atoms with Gasteiger partial charge < -0.3 is 25.0 Å². The summed E-state index contributed by atoms with van der Waals surface area (Å²) in [5.41, 5.74) is 0.335. The van der Waals surface area contributed by atoms with E-state index in [2.05, 4.69) is 10.6 Å². The monoisotopic (exact) mass is 431 g/mol. The standard InChI is InChI=1S/C23H33N3O5/c1-23(2,3)31-22(29)25-16-20(27)24-15-18-11-13-26(14-12-18)21(28)10-7-17-5-8-19(30-4)9-6-17/h5-10,18H,11-16H2,1-4H3,(H,24,27)(H,25,29)/b10-7+. The number of amides is 3. The molecule has 0 aromatic heterocycles. The zero-order valence-electron chi connectivity index (χ0n) is 18.8. The lowest BCUT2D eigenvalue weighted by Crippen LogP contribution is -2.43. The molecule has 31 heavy (non-hydrogen) atoms. The van der Waals surface area contributed by atoms with Crippen molar-refractivity contribution in [2.75, 3.05) is 33.3 Å². The van der Waals surface area contributed by atoms with Crippen LogP contribution in [-0.2, 0) is 14.3 Å². The number of nitrogens with one attached hydrogen (secondary N) is 2. The summed E-state index contributed by atoms with van der Waals surface area (Å²) in [5.74, 6) is 0.810. The van der Waals surface area contributed by atoms with E-state index >= 15 is 0 Å². The molecule has 0 bridgehead atoms. The van der Waals surface area contributed by atoms with Gasteiger partial charge in [-0.3, -0.25) is 9.59 Å². The van der Waals surface area contributed by atoms with Crippen molar-refractivity contribution in [2.45, 2.75) is 39.2 Å². The van der Waals surface area contributed by atoms with Crippen LogP contribution in [0.3, 0.4) is 0 Å². The number of hydrogen-bond donors (Lipinski definition) is 2. The van der Waals surface area contributed by atoms with E-state index in [1.165, 1.54) is 0 Å². The smallest absolute Gasteiger partial charge is 0.408 e. The molecule has 1 aliphatic rings. The van der Waals surface area contributed by atoms with Crippen LogP contribution in [0.4, 0.5) is 4.79 Å². The fourth-order valence-electron chi connectivity index (χ4n) is 3.13. The Morgan fingerprint density at radius 3 is 2.32 bits per heavy atom. The highest BCUT2D eigenvalue weighted by atomic mass is 16.6. The highest BCUT2D eigenvalue weighted by molar-refractivity contribution is 5.91. The predicted octanol–water partition coefficient (Wildman–Crippen LogP) is 2.59. The molecule has 0 aliphatic carbocycles. The van der Waals surface area contributed by atoms with Crippen LogP contribution >= 0.6 is 0 Å². The second-order valence-corrected chi connectivity index (χ2v) is 8.53. The topological polar surface area (TPSA) is 97.0 Å². The summed E-state index contributed by atoms with van der Waals surface area (Å²) in [6.45, 7) is 7.00. The minimum atomic E-state index is -0.614. The van der Waals surface area contributed by atoms with Crippen LogP contribution in [0.1, 0.15) is 39.2 Å². The van der Waals surface area contributed by atoms with Crippen LogP contribution in [-0.4, -0.2) is 61.7 Å². The van der Waals surface area contributed by atoms with Crippen molar-refractivity contribution in [1.82, 2.24) is 15.5 Å². The van der Waals surface area contributed by atoms with Gasteiger partial charge in [0.2, 0.25) is 11.8 Å². The van der Waals surface area contributed by atoms with Crippen LogP contribution in [0.2, 0.25) is 0 Å². The SMILES string of the molecule is COc1ccc(/C=C/C(=O)N2CCC(CNC(=O)CNC(=O)OC(C)(C)C)CC2)cc1. The van der Waals surface area contributed by atoms with Gasteiger partial charge in [0.1, 0.15) is 11.4 Å². The number of nitrogens with zero attached hydrogens (tertiary/aromatic N) is 1. The van der Waals surface area contributed by atoms with Crippen molar-refractivity contribution in [3.8, 4) is 5.75 Å². The normalized spacial score (nSPS) is 14.9. The van der Waals surface area contributed by atoms with Crippen molar-refractivity contribution in [2.24, 2.45) is 5.92 Å². The molecule has 0 unspecified atom stereocenters. The molecule has 1 fully saturated rings. The van der Waals surface area contributed by atoms with E-state index < -0.39 is 11.7 Å². The van der Waals surface area contributed by atoms with Crippen molar-refractivity contribution >= 4 is 24.0 Å². The molecule has 8 heteroatoms. The van der Waals surface area contributed by atoms with E-state index in [1.54, 1.807) is 40.0 Å². The summed E-state index contributed by atoms with van der Waals surface area (Å²) in [6.07, 6.45) is 4.42. The minimum absolute atomic E-state index is 0.0140. The van der Waals surface area contributed by atoms with Gasteiger partial charge in [-0.1, -0.05) is 12.1 Å². The molecule has 0 radical (unpaired) electrons. The Hall–Kier alpha value is -3.03. The van der Waals surface area contributed by atoms with E-state index in [4.69, 9.17) is 9.47 Å². The number of alkyl carbamates (subject to hydrolysis) is 1. The highest BCUT2D eigenvalue weighted by Crippen LogP contribution is 2.17. The molecule has 8 nitrogen and oxygen atoms in total. The first kappa shape index (κ1) is 24.2. The molecule has 0 saturated carbocycles. The van der Waals surface area contributed by atoms with Gasteiger partial charge in [-0.2, -0.15) is 0 Å². The van der Waals surface area contributed by atoms with E-state index in [-0.39, 0.29) is 18.4 Å². The average Bonchev–Trinajstić information content (AvgIpc) is 2.74. The largest absolute Gasteiger partial charge is 0.497 e. The van der Waals surface area contributed by atoms with Gasteiger partial charge in [0.25, 0.3) is 0 Å². The maximum Gasteiger partial charge on any atom is 0.408 e. The highest BCUT2D eigenvalue weighted by Gasteiger charge is 2.22. The Morgan fingerprint density at radius 1 is 1.10 bits per heavy atom. The molecule has 1 saturated heterocycles. The second-order valence-electron chi connectivity index (χ2n) is 8.53. The third-order valence-corrected chi connectivity index (χ3v) is 4.84. The van der Waals surface area contributed by atoms with E-state index in [0.29, 0.717) is 25.6 Å². The zero-order chi connectivity index (χ0) is 22.9. The molecule has 0 spiro atoms. The van der Waals surface area contributed by atoms with Crippen molar-refractivity contribution in [3.63, 3.8) is 0 Å². The van der Waals surface area contributed by atoms with Crippen molar-refractivity contribution in [1.29, 1.82) is 0 Å². The fourth-order valence-corrected chi connectivity index (χ4v) is 3.13. The minimum Gasteiger partial charge on any atom is -0.497 e. The first-order chi connectivity index (χ1) is 14.7. The van der Waals surface area contributed by atoms with Gasteiger partial charge in [0.15, 0.2) is 0 Å². The number of benzene rings is 1. The Kier molecular flexibility index (Phi) is 8.90. The van der Waals surface area contributed by atoms with Crippen molar-refractivity contribution in [3.05, 3.63) is 35.9 Å². The van der Waals surface area contributed by atoms with Gasteiger partial charge in [0.05, 0.1) is 13.7 Å². The molecule has 3 amide bonds. The molecule has 1 aliphatic heterocycles. The lowest BCUT2D eigenvalue weighted by Gasteiger charge is -2.31. The van der Waals surface area contributed by atoms with Gasteiger partial charge in [-0.15, -0.1) is 0 Å². The fraction of sp³-hybridized carbons (Fsp3) is 0.522. The van der Waals surface area contributed by atoms with Crippen LogP contribution in [0.25, 0.3) is 6.08 Å². The third-order valence-electron chi connectivity index (χ3n) is 4.84. The summed E-state index contributed by atoms with van der Waals surface area (Å²) in [6, 6.07) is 7.50. The predicted molar refractivity (Wildman–Crippen MR) is 119 cm³/mol. The summed E-state index contributed by atoms with van der Waals surface area (Å²) in [4.78, 5) is 37.7. The number of carbonyl (C=O) groups is 3. The van der Waals surface area contributed by atoms with Crippen LogP contribution in [0.15, 0.2) is 30.3 Å². The van der Waals surface area contributed by atoms with Gasteiger partial charge >= 0.3 is 6.09 Å². The molecule has 170 valence electrons. The Labute approximate surface area is 184 Å². The van der Waals surface area contributed by atoms with Gasteiger partial charge in [0, 0.05) is 25.7 Å². The Bertz CT molecular complexity index is 775. The summed E-state index contributed by atoms with van der Waals surface area (Å²) >= 11 is 0. The molecule has 1 heterocycles. The molecule has 2 N–H and O–H groups in total. The average molecular weight is 432 g/mol. The maximum absolute atomic E-state index is 12.4. The molecular weight excluding hydrogens is 398 g/mol. The van der Waals surface area contributed by atoms with Gasteiger partial charge in [-0.05, 0) is 63.3 Å². The first-order valence-electron chi connectivity index (χ1n) is 10.5. The summed E-state index contributed by atoms with van der Waals surface area (Å²) < 4.78 is 10.2. The summed E-state index contributed by atoms with van der Waals surface area (Å²) in [7, 11) is 1.62. The zero-order valence-corrected chi connectivity index (χ0v) is 18.8. The first-order valence-corrected chi connectivity index (χ1v) is 10.5. The van der Waals surface area contributed by atoms with E-state index in [0.717, 1.165) is 24.2 Å². The Balaban J connectivity index is 1.66. The molecule has 0 atom stereocenters. The molecule has 1 aromatic carbocycles. The number of hydrogen-bond acceptors (Lipinski definition) is 5. The second kappa shape index (κ2) is 11.4. The molecule has 1 aromatic rings. The number of rotatable bonds is 7. The number of likely N-dealkylation sites (tertiary alicyclic amines) is 1. The van der Waals surface area contributed by atoms with Gasteiger partial charge in [-0.25, -0.2) is 4.79 Å². The molecule has 2 rings (SSSR count). The lowest BCUT2D eigenvalue weighted by molar-refractivity contribution is -0.127. The quantitative estimate of drug-likeness (QED) is 0.647. The van der Waals surface area contributed by atoms with E-state index in [9.17, 15) is 14.4 Å². The third kappa shape index (κ3) is 9.11. The Morgan fingerprint density at radius 2 is 1.74 bits per heavy atom. The molecular formula is C23H33N3O5. The number of methoxy groups -OCH3 is 1. The number of carbonyl (C=O) groups excluding carboxylic acids is 3. The van der Waals surface area contributed by atoms with Crippen LogP contribution in [0, 0.1) is 5.92 Å².